The van der Waals surface area contributed by atoms with Crippen molar-refractivity contribution in [1.82, 2.24) is 0 Å². The van der Waals surface area contributed by atoms with Crippen LogP contribution in [0.4, 0.5) is 0 Å². The molecule has 2 heterocycles. The van der Waals surface area contributed by atoms with Gasteiger partial charge in [0.15, 0.2) is 0 Å². The Hall–Kier alpha value is 0.880. The monoisotopic (exact) mass is 370 g/mol. The number of halogens is 2. The summed E-state index contributed by atoms with van der Waals surface area (Å²) in [6.07, 6.45) is 7.28. The predicted molar refractivity (Wildman–Crippen MR) is 64.7 cm³/mol. The normalized spacial score (nSPS) is 25.1. The second-order valence-corrected chi connectivity index (χ2v) is 6.35. The number of nitrogens with zero attached hydrogens (tertiary/aromatic N) is 2. The molecule has 0 atom stereocenters. The first-order valence-electron chi connectivity index (χ1n) is 6.79. The van der Waals surface area contributed by atoms with Gasteiger partial charge in [0.25, 0.3) is 0 Å². The topological polar surface area (TPSA) is 0 Å². The molecule has 0 radical (unpaired) electrons. The first-order valence-corrected chi connectivity index (χ1v) is 6.79. The molecule has 17 heavy (non-hydrogen) atoms. The van der Waals surface area contributed by atoms with Crippen molar-refractivity contribution in [3.63, 3.8) is 0 Å². The summed E-state index contributed by atoms with van der Waals surface area (Å²) in [6, 6.07) is 0. The summed E-state index contributed by atoms with van der Waals surface area (Å²) in [5.74, 6) is 0. The predicted octanol–water partition coefficient (Wildman–Crippen LogP) is -4.13. The van der Waals surface area contributed by atoms with Gasteiger partial charge < -0.3 is 42.9 Å². The van der Waals surface area contributed by atoms with E-state index in [2.05, 4.69) is 14.1 Å². The molecule has 4 heteroatoms. The van der Waals surface area contributed by atoms with Gasteiger partial charge in [-0.1, -0.05) is 0 Å². The van der Waals surface area contributed by atoms with Crippen molar-refractivity contribution < 1.29 is 42.9 Å². The van der Waals surface area contributed by atoms with Gasteiger partial charge in [-0.3, -0.25) is 0 Å². The Balaban J connectivity index is 0.00000128. The summed E-state index contributed by atoms with van der Waals surface area (Å²) in [5.41, 5.74) is 0. The van der Waals surface area contributed by atoms with E-state index in [0.29, 0.717) is 0 Å². The van der Waals surface area contributed by atoms with Crippen LogP contribution in [0.2, 0.25) is 0 Å². The van der Waals surface area contributed by atoms with Crippen molar-refractivity contribution in [3.05, 3.63) is 0 Å². The smallest absolute Gasteiger partial charge is 0.0838 e. The Morgan fingerprint density at radius 1 is 0.647 bits per heavy atom. The minimum absolute atomic E-state index is 0. The van der Waals surface area contributed by atoms with E-state index in [1.54, 1.807) is 0 Å². The summed E-state index contributed by atoms with van der Waals surface area (Å²) in [7, 11) is 4.91. The van der Waals surface area contributed by atoms with Gasteiger partial charge >= 0.3 is 0 Å². The van der Waals surface area contributed by atoms with E-state index in [0.717, 1.165) is 0 Å². The maximum Gasteiger partial charge on any atom is 0.0838 e. The Bertz CT molecular complexity index is 187. The fraction of sp³-hybridized carbons (Fsp3) is 1.00. The number of rotatable bonds is 4. The molecule has 2 nitrogen and oxygen atoms in total. The third kappa shape index (κ3) is 5.17. The first kappa shape index (κ1) is 17.9. The van der Waals surface area contributed by atoms with Gasteiger partial charge in [-0.25, -0.2) is 0 Å². The van der Waals surface area contributed by atoms with Crippen LogP contribution in [0.3, 0.4) is 0 Å². The SMILES string of the molecule is C[N+]1(CCC[N+]2(C)CCCC2)CCCC1.[Br-].[Br-]. The van der Waals surface area contributed by atoms with E-state index in [-0.39, 0.29) is 34.0 Å². The maximum atomic E-state index is 2.46. The second-order valence-electron chi connectivity index (χ2n) is 6.35. The number of quaternary nitrogens is 2. The number of hydrogen-bond donors (Lipinski definition) is 0. The lowest BCUT2D eigenvalue weighted by Gasteiger charge is -2.33. The molecule has 2 fully saturated rings. The average molecular weight is 372 g/mol. The highest BCUT2D eigenvalue weighted by molar-refractivity contribution is 4.55. The van der Waals surface area contributed by atoms with Gasteiger partial charge in [-0.2, -0.15) is 0 Å². The van der Waals surface area contributed by atoms with Crippen LogP contribution in [0.5, 0.6) is 0 Å². The molecular weight excluding hydrogens is 344 g/mol. The molecule has 0 bridgehead atoms. The Labute approximate surface area is 128 Å². The van der Waals surface area contributed by atoms with E-state index in [4.69, 9.17) is 0 Å². The molecule has 0 aromatic rings. The van der Waals surface area contributed by atoms with Crippen LogP contribution in [0, 0.1) is 0 Å². The summed E-state index contributed by atoms with van der Waals surface area (Å²) < 4.78 is 2.72. The van der Waals surface area contributed by atoms with Crippen molar-refractivity contribution in [3.8, 4) is 0 Å². The van der Waals surface area contributed by atoms with Crippen LogP contribution >= 0.6 is 0 Å². The van der Waals surface area contributed by atoms with Gasteiger partial charge in [0.1, 0.15) is 0 Å². The Kier molecular flexibility index (Phi) is 7.85. The van der Waals surface area contributed by atoms with Crippen molar-refractivity contribution in [2.24, 2.45) is 0 Å². The quantitative estimate of drug-likeness (QED) is 0.440. The van der Waals surface area contributed by atoms with E-state index >= 15 is 0 Å². The molecular formula is C13H28Br2N2. The number of likely N-dealkylation sites (tertiary alicyclic amines) is 2. The van der Waals surface area contributed by atoms with Gasteiger partial charge in [0.05, 0.1) is 53.4 Å². The summed E-state index contributed by atoms with van der Waals surface area (Å²) in [4.78, 5) is 0. The highest BCUT2D eigenvalue weighted by Crippen LogP contribution is 2.20. The largest absolute Gasteiger partial charge is 1.00 e. The van der Waals surface area contributed by atoms with Crippen molar-refractivity contribution in [1.29, 1.82) is 0 Å². The lowest BCUT2D eigenvalue weighted by molar-refractivity contribution is -0.916. The minimum Gasteiger partial charge on any atom is -1.00 e. The van der Waals surface area contributed by atoms with Crippen molar-refractivity contribution in [2.45, 2.75) is 32.1 Å². The van der Waals surface area contributed by atoms with Crippen LogP contribution in [0.25, 0.3) is 0 Å². The minimum atomic E-state index is 0. The molecule has 0 aliphatic carbocycles. The van der Waals surface area contributed by atoms with Crippen LogP contribution in [0.1, 0.15) is 32.1 Å². The van der Waals surface area contributed by atoms with E-state index < -0.39 is 0 Å². The molecule has 0 aromatic heterocycles. The Morgan fingerprint density at radius 3 is 1.24 bits per heavy atom. The molecule has 2 saturated heterocycles. The molecule has 0 saturated carbocycles. The zero-order valence-corrected chi connectivity index (χ0v) is 14.6. The highest BCUT2D eigenvalue weighted by atomic mass is 79.9. The van der Waals surface area contributed by atoms with Gasteiger partial charge in [0.2, 0.25) is 0 Å². The molecule has 0 amide bonds. The van der Waals surface area contributed by atoms with E-state index in [9.17, 15) is 0 Å². The van der Waals surface area contributed by atoms with E-state index in [1.807, 2.05) is 0 Å². The third-order valence-electron chi connectivity index (χ3n) is 4.69. The third-order valence-corrected chi connectivity index (χ3v) is 4.69. The summed E-state index contributed by atoms with van der Waals surface area (Å²) in [5, 5.41) is 0. The van der Waals surface area contributed by atoms with Crippen LogP contribution < -0.4 is 34.0 Å². The molecule has 0 aromatic carbocycles. The lowest BCUT2D eigenvalue weighted by atomic mass is 10.3. The summed E-state index contributed by atoms with van der Waals surface area (Å²) >= 11 is 0. The molecule has 0 N–H and O–H groups in total. The van der Waals surface area contributed by atoms with Crippen LogP contribution in [-0.4, -0.2) is 62.3 Å². The van der Waals surface area contributed by atoms with Gasteiger partial charge in [-0.05, 0) is 0 Å². The zero-order valence-electron chi connectivity index (χ0n) is 11.4. The molecule has 2 rings (SSSR count). The second kappa shape index (κ2) is 7.46. The summed E-state index contributed by atoms with van der Waals surface area (Å²) in [6.45, 7) is 8.59. The fourth-order valence-corrected chi connectivity index (χ4v) is 3.48. The van der Waals surface area contributed by atoms with Crippen LogP contribution in [-0.2, 0) is 0 Å². The van der Waals surface area contributed by atoms with Gasteiger partial charge in [-0.15, -0.1) is 0 Å². The highest BCUT2D eigenvalue weighted by Gasteiger charge is 2.30. The average Bonchev–Trinajstić information content (AvgIpc) is 2.76. The van der Waals surface area contributed by atoms with Crippen molar-refractivity contribution >= 4 is 0 Å². The maximum absolute atomic E-state index is 2.46. The molecule has 0 unspecified atom stereocenters. The van der Waals surface area contributed by atoms with E-state index in [1.165, 1.54) is 80.3 Å². The molecule has 0 spiro atoms. The number of hydrogen-bond acceptors (Lipinski definition) is 0. The standard InChI is InChI=1S/C13H28N2.2BrH/c1-14(8-3-4-9-14)12-7-13-15(2)10-5-6-11-15;;/h3-13H2,1-2H3;2*1H/q+2;;/p-2. The van der Waals surface area contributed by atoms with Crippen LogP contribution in [0.15, 0.2) is 0 Å². The first-order chi connectivity index (χ1) is 7.12. The molecule has 2 aliphatic rings. The fourth-order valence-electron chi connectivity index (χ4n) is 3.48. The molecule has 104 valence electrons. The zero-order chi connectivity index (χ0) is 10.8. The lowest BCUT2D eigenvalue weighted by Crippen LogP contribution is -3.00. The van der Waals surface area contributed by atoms with Gasteiger partial charge in [0, 0.05) is 32.1 Å². The Morgan fingerprint density at radius 2 is 0.941 bits per heavy atom. The van der Waals surface area contributed by atoms with Crippen molar-refractivity contribution in [2.75, 3.05) is 53.4 Å². The molecule has 2 aliphatic heterocycles.